The second kappa shape index (κ2) is 6.38. The molecule has 2 aromatic rings. The minimum absolute atomic E-state index is 0.0364. The lowest BCUT2D eigenvalue weighted by atomic mass is 9.99. The van der Waals surface area contributed by atoms with Crippen LogP contribution < -0.4 is 5.32 Å². The predicted molar refractivity (Wildman–Crippen MR) is 78.4 cm³/mol. The maximum absolute atomic E-state index is 13.1. The standard InChI is InChI=1S/C15H14Cl2FN/c1-19-15(8-10-2-4-11(16)5-3-10)13-7-6-12(18)9-14(13)17/h2-7,9,15,19H,8H2,1H3. The summed E-state index contributed by atoms with van der Waals surface area (Å²) in [4.78, 5) is 0. The van der Waals surface area contributed by atoms with Gasteiger partial charge in [-0.15, -0.1) is 0 Å². The quantitative estimate of drug-likeness (QED) is 0.867. The molecular formula is C15H14Cl2FN. The van der Waals surface area contributed by atoms with Crippen molar-refractivity contribution in [3.05, 3.63) is 69.5 Å². The Kier molecular flexibility index (Phi) is 4.81. The van der Waals surface area contributed by atoms with E-state index >= 15 is 0 Å². The largest absolute Gasteiger partial charge is 0.313 e. The van der Waals surface area contributed by atoms with Gasteiger partial charge in [0, 0.05) is 16.1 Å². The Hall–Kier alpha value is -1.09. The Morgan fingerprint density at radius 2 is 1.79 bits per heavy atom. The predicted octanol–water partition coefficient (Wildman–Crippen LogP) is 4.64. The molecule has 19 heavy (non-hydrogen) atoms. The molecule has 2 aromatic carbocycles. The zero-order chi connectivity index (χ0) is 13.8. The fourth-order valence-electron chi connectivity index (χ4n) is 2.01. The van der Waals surface area contributed by atoms with Gasteiger partial charge in [0.1, 0.15) is 5.82 Å². The number of likely N-dealkylation sites (N-methyl/N-ethyl adjacent to an activating group) is 1. The van der Waals surface area contributed by atoms with Crippen molar-refractivity contribution in [2.75, 3.05) is 7.05 Å². The Balaban J connectivity index is 2.22. The number of rotatable bonds is 4. The third-order valence-corrected chi connectivity index (χ3v) is 3.62. The summed E-state index contributed by atoms with van der Waals surface area (Å²) in [5.74, 6) is -0.324. The molecule has 0 aliphatic heterocycles. The molecule has 1 N–H and O–H groups in total. The molecule has 1 nitrogen and oxygen atoms in total. The van der Waals surface area contributed by atoms with Crippen LogP contribution in [-0.4, -0.2) is 7.05 Å². The number of nitrogens with one attached hydrogen (secondary N) is 1. The van der Waals surface area contributed by atoms with E-state index in [0.717, 1.165) is 17.5 Å². The van der Waals surface area contributed by atoms with Crippen LogP contribution in [0.25, 0.3) is 0 Å². The molecule has 0 bridgehead atoms. The molecule has 0 aliphatic carbocycles. The molecule has 0 heterocycles. The van der Waals surface area contributed by atoms with Crippen LogP contribution in [0, 0.1) is 5.82 Å². The Morgan fingerprint density at radius 1 is 1.11 bits per heavy atom. The third kappa shape index (κ3) is 3.69. The SMILES string of the molecule is CNC(Cc1ccc(Cl)cc1)c1ccc(F)cc1Cl. The normalized spacial score (nSPS) is 12.4. The lowest BCUT2D eigenvalue weighted by Crippen LogP contribution is -2.19. The molecule has 0 aliphatic rings. The van der Waals surface area contributed by atoms with Crippen LogP contribution in [0.15, 0.2) is 42.5 Å². The third-order valence-electron chi connectivity index (χ3n) is 3.04. The van der Waals surface area contributed by atoms with E-state index in [1.165, 1.54) is 12.1 Å². The van der Waals surface area contributed by atoms with E-state index in [0.29, 0.717) is 10.0 Å². The summed E-state index contributed by atoms with van der Waals surface area (Å²) < 4.78 is 13.1. The van der Waals surface area contributed by atoms with Gasteiger partial charge in [0.2, 0.25) is 0 Å². The Morgan fingerprint density at radius 3 is 2.37 bits per heavy atom. The summed E-state index contributed by atoms with van der Waals surface area (Å²) in [6, 6.07) is 12.2. The van der Waals surface area contributed by atoms with Crippen molar-refractivity contribution in [1.29, 1.82) is 0 Å². The molecule has 4 heteroatoms. The van der Waals surface area contributed by atoms with Gasteiger partial charge in [-0.25, -0.2) is 4.39 Å². The van der Waals surface area contributed by atoms with Crippen LogP contribution in [0.1, 0.15) is 17.2 Å². The van der Waals surface area contributed by atoms with Crippen LogP contribution >= 0.6 is 23.2 Å². The molecule has 2 rings (SSSR count). The fourth-order valence-corrected chi connectivity index (χ4v) is 2.43. The molecule has 0 aromatic heterocycles. The highest BCUT2D eigenvalue weighted by Gasteiger charge is 2.14. The van der Waals surface area contributed by atoms with Gasteiger partial charge in [-0.05, 0) is 48.9 Å². The number of benzene rings is 2. The Bertz CT molecular complexity index is 555. The van der Waals surface area contributed by atoms with Gasteiger partial charge in [0.25, 0.3) is 0 Å². The molecule has 0 saturated heterocycles. The van der Waals surface area contributed by atoms with Gasteiger partial charge in [-0.3, -0.25) is 0 Å². The van der Waals surface area contributed by atoms with Crippen molar-refractivity contribution in [3.8, 4) is 0 Å². The Labute approximate surface area is 122 Å². The second-order valence-corrected chi connectivity index (χ2v) is 5.18. The first-order valence-corrected chi connectivity index (χ1v) is 6.72. The lowest BCUT2D eigenvalue weighted by Gasteiger charge is -2.18. The summed E-state index contributed by atoms with van der Waals surface area (Å²) in [5, 5.41) is 4.35. The average molecular weight is 298 g/mol. The molecule has 0 spiro atoms. The summed E-state index contributed by atoms with van der Waals surface area (Å²) in [6.07, 6.45) is 0.763. The van der Waals surface area contributed by atoms with Crippen LogP contribution in [0.4, 0.5) is 4.39 Å². The molecule has 100 valence electrons. The zero-order valence-electron chi connectivity index (χ0n) is 10.5. The highest BCUT2D eigenvalue weighted by Crippen LogP contribution is 2.26. The molecule has 1 atom stereocenters. The molecule has 0 saturated carbocycles. The summed E-state index contributed by atoms with van der Waals surface area (Å²) in [6.45, 7) is 0. The lowest BCUT2D eigenvalue weighted by molar-refractivity contribution is 0.586. The van der Waals surface area contributed by atoms with Gasteiger partial charge in [0.15, 0.2) is 0 Å². The molecule has 0 amide bonds. The van der Waals surface area contributed by atoms with Crippen molar-refractivity contribution >= 4 is 23.2 Å². The first-order valence-electron chi connectivity index (χ1n) is 5.97. The highest BCUT2D eigenvalue weighted by molar-refractivity contribution is 6.31. The topological polar surface area (TPSA) is 12.0 Å². The summed E-state index contributed by atoms with van der Waals surface area (Å²) >= 11 is 12.0. The molecule has 0 fully saturated rings. The second-order valence-electron chi connectivity index (χ2n) is 4.34. The summed E-state index contributed by atoms with van der Waals surface area (Å²) in [5.41, 5.74) is 2.03. The summed E-state index contributed by atoms with van der Waals surface area (Å²) in [7, 11) is 1.86. The van der Waals surface area contributed by atoms with Crippen LogP contribution in [0.3, 0.4) is 0 Å². The van der Waals surface area contributed by atoms with E-state index in [1.54, 1.807) is 6.07 Å². The number of halogens is 3. The van der Waals surface area contributed by atoms with E-state index in [1.807, 2.05) is 31.3 Å². The minimum Gasteiger partial charge on any atom is -0.313 e. The maximum atomic E-state index is 13.1. The maximum Gasteiger partial charge on any atom is 0.124 e. The van der Waals surface area contributed by atoms with Gasteiger partial charge in [0.05, 0.1) is 0 Å². The van der Waals surface area contributed by atoms with Crippen molar-refractivity contribution < 1.29 is 4.39 Å². The van der Waals surface area contributed by atoms with Crippen molar-refractivity contribution in [3.63, 3.8) is 0 Å². The van der Waals surface area contributed by atoms with Crippen LogP contribution in [0.5, 0.6) is 0 Å². The van der Waals surface area contributed by atoms with Gasteiger partial charge in [-0.2, -0.15) is 0 Å². The molecule has 0 radical (unpaired) electrons. The van der Waals surface area contributed by atoms with Crippen molar-refractivity contribution in [2.24, 2.45) is 0 Å². The monoisotopic (exact) mass is 297 g/mol. The van der Waals surface area contributed by atoms with E-state index in [-0.39, 0.29) is 11.9 Å². The fraction of sp³-hybridized carbons (Fsp3) is 0.200. The average Bonchev–Trinajstić information content (AvgIpc) is 2.39. The highest BCUT2D eigenvalue weighted by atomic mass is 35.5. The van der Waals surface area contributed by atoms with E-state index in [4.69, 9.17) is 23.2 Å². The smallest absolute Gasteiger partial charge is 0.124 e. The molecular weight excluding hydrogens is 284 g/mol. The number of hydrogen-bond donors (Lipinski definition) is 1. The van der Waals surface area contributed by atoms with Crippen LogP contribution in [0.2, 0.25) is 10.0 Å². The van der Waals surface area contributed by atoms with E-state index in [9.17, 15) is 4.39 Å². The van der Waals surface area contributed by atoms with Crippen LogP contribution in [-0.2, 0) is 6.42 Å². The van der Waals surface area contributed by atoms with Gasteiger partial charge in [-0.1, -0.05) is 41.4 Å². The van der Waals surface area contributed by atoms with Crippen molar-refractivity contribution in [2.45, 2.75) is 12.5 Å². The molecule has 1 unspecified atom stereocenters. The first kappa shape index (κ1) is 14.3. The van der Waals surface area contributed by atoms with Gasteiger partial charge < -0.3 is 5.32 Å². The minimum atomic E-state index is -0.324. The first-order chi connectivity index (χ1) is 9.10. The number of hydrogen-bond acceptors (Lipinski definition) is 1. The zero-order valence-corrected chi connectivity index (χ0v) is 12.0. The van der Waals surface area contributed by atoms with Crippen molar-refractivity contribution in [1.82, 2.24) is 5.32 Å². The van der Waals surface area contributed by atoms with E-state index < -0.39 is 0 Å². The van der Waals surface area contributed by atoms with Gasteiger partial charge >= 0.3 is 0 Å². The van der Waals surface area contributed by atoms with E-state index in [2.05, 4.69) is 5.32 Å².